The normalized spacial score (nSPS) is 10.7. The molecule has 0 aliphatic carbocycles. The molecule has 0 spiro atoms. The van der Waals surface area contributed by atoms with E-state index in [2.05, 4.69) is 15.3 Å². The van der Waals surface area contributed by atoms with Gasteiger partial charge in [-0.25, -0.2) is 14.4 Å². The Hall–Kier alpha value is -2.69. The molecule has 3 rings (SSSR count). The molecule has 0 saturated heterocycles. The molecule has 1 aromatic heterocycles. The fourth-order valence-electron chi connectivity index (χ4n) is 2.09. The molecule has 0 unspecified atom stereocenters. The Labute approximate surface area is 115 Å². The number of hydrogen-bond acceptors (Lipinski definition) is 4. The van der Waals surface area contributed by atoms with Crippen molar-refractivity contribution >= 4 is 22.5 Å². The van der Waals surface area contributed by atoms with Crippen LogP contribution in [0.15, 0.2) is 42.6 Å². The van der Waals surface area contributed by atoms with Crippen molar-refractivity contribution in [3.8, 4) is 11.1 Å². The number of anilines is 2. The summed E-state index contributed by atoms with van der Waals surface area (Å²) >= 11 is 0. The number of nitrogens with zero attached hydrogens (tertiary/aromatic N) is 2. The quantitative estimate of drug-likeness (QED) is 0.701. The molecule has 0 fully saturated rings. The first-order valence-corrected chi connectivity index (χ1v) is 6.18. The maximum Gasteiger partial charge on any atom is 0.222 e. The number of nitrogens with one attached hydrogen (secondary N) is 1. The maximum atomic E-state index is 14.0. The largest absolute Gasteiger partial charge is 0.396 e. The van der Waals surface area contributed by atoms with E-state index in [0.29, 0.717) is 11.5 Å². The van der Waals surface area contributed by atoms with Gasteiger partial charge in [0.05, 0.1) is 11.2 Å². The van der Waals surface area contributed by atoms with Crippen LogP contribution in [0.1, 0.15) is 0 Å². The molecule has 1 heterocycles. The molecule has 0 aliphatic heterocycles. The summed E-state index contributed by atoms with van der Waals surface area (Å²) in [4.78, 5) is 8.49. The lowest BCUT2D eigenvalue weighted by molar-refractivity contribution is 0.636. The van der Waals surface area contributed by atoms with Gasteiger partial charge in [-0.15, -0.1) is 0 Å². The van der Waals surface area contributed by atoms with Crippen LogP contribution in [0.5, 0.6) is 0 Å². The zero-order valence-electron chi connectivity index (χ0n) is 10.9. The minimum absolute atomic E-state index is 0.143. The molecule has 0 atom stereocenters. The lowest BCUT2D eigenvalue weighted by atomic mass is 10.0. The van der Waals surface area contributed by atoms with Gasteiger partial charge < -0.3 is 11.1 Å². The summed E-state index contributed by atoms with van der Waals surface area (Å²) < 4.78 is 14.0. The molecule has 3 aromatic rings. The minimum Gasteiger partial charge on any atom is -0.396 e. The molecule has 3 N–H and O–H groups in total. The monoisotopic (exact) mass is 268 g/mol. The van der Waals surface area contributed by atoms with E-state index >= 15 is 0 Å². The van der Waals surface area contributed by atoms with Crippen LogP contribution in [0.3, 0.4) is 0 Å². The average molecular weight is 268 g/mol. The van der Waals surface area contributed by atoms with E-state index in [1.165, 1.54) is 0 Å². The van der Waals surface area contributed by atoms with Gasteiger partial charge >= 0.3 is 0 Å². The number of aromatic nitrogens is 2. The Kier molecular flexibility index (Phi) is 2.95. The summed E-state index contributed by atoms with van der Waals surface area (Å²) in [7, 11) is 1.76. The standard InChI is InChI=1S/C15H13FN4/c1-18-15-19-8-10-7-9(5-6-13(10)20-15)11-3-2-4-12(17)14(11)16/h2-8H,17H2,1H3,(H,18,19,20). The first kappa shape index (κ1) is 12.3. The van der Waals surface area contributed by atoms with E-state index in [1.54, 1.807) is 31.4 Å². The second-order valence-electron chi connectivity index (χ2n) is 4.43. The number of benzene rings is 2. The molecular weight excluding hydrogens is 255 g/mol. The summed E-state index contributed by atoms with van der Waals surface area (Å²) in [5.74, 6) is 0.153. The average Bonchev–Trinajstić information content (AvgIpc) is 2.49. The molecule has 4 nitrogen and oxygen atoms in total. The van der Waals surface area contributed by atoms with Crippen LogP contribution in [0, 0.1) is 5.82 Å². The van der Waals surface area contributed by atoms with Crippen molar-refractivity contribution in [2.75, 3.05) is 18.1 Å². The van der Waals surface area contributed by atoms with Gasteiger partial charge in [-0.05, 0) is 23.8 Å². The SMILES string of the molecule is CNc1ncc2cc(-c3cccc(N)c3F)ccc2n1. The molecule has 0 bridgehead atoms. The van der Waals surface area contributed by atoms with Gasteiger partial charge in [-0.2, -0.15) is 0 Å². The number of rotatable bonds is 2. The Bertz CT molecular complexity index is 786. The highest BCUT2D eigenvalue weighted by Gasteiger charge is 2.09. The van der Waals surface area contributed by atoms with Gasteiger partial charge in [0.25, 0.3) is 0 Å². The highest BCUT2D eigenvalue weighted by Crippen LogP contribution is 2.28. The molecule has 0 amide bonds. The Morgan fingerprint density at radius 1 is 1.20 bits per heavy atom. The van der Waals surface area contributed by atoms with Crippen LogP contribution in [0.2, 0.25) is 0 Å². The van der Waals surface area contributed by atoms with Gasteiger partial charge in [-0.3, -0.25) is 0 Å². The Morgan fingerprint density at radius 3 is 2.85 bits per heavy atom. The summed E-state index contributed by atoms with van der Waals surface area (Å²) in [6.45, 7) is 0. The first-order valence-electron chi connectivity index (χ1n) is 6.18. The van der Waals surface area contributed by atoms with Crippen molar-refractivity contribution in [3.63, 3.8) is 0 Å². The lowest BCUT2D eigenvalue weighted by Crippen LogP contribution is -1.96. The number of fused-ring (bicyclic) bond motifs is 1. The molecule has 5 heteroatoms. The minimum atomic E-state index is -0.403. The van der Waals surface area contributed by atoms with E-state index in [0.717, 1.165) is 16.5 Å². The van der Waals surface area contributed by atoms with Crippen molar-refractivity contribution < 1.29 is 4.39 Å². The molecule has 100 valence electrons. The molecule has 2 aromatic carbocycles. The van der Waals surface area contributed by atoms with E-state index in [9.17, 15) is 4.39 Å². The predicted octanol–water partition coefficient (Wildman–Crippen LogP) is 3.06. The second-order valence-corrected chi connectivity index (χ2v) is 4.43. The van der Waals surface area contributed by atoms with Crippen LogP contribution in [-0.2, 0) is 0 Å². The Balaban J connectivity index is 2.16. The van der Waals surface area contributed by atoms with Crippen molar-refractivity contribution in [1.29, 1.82) is 0 Å². The van der Waals surface area contributed by atoms with Gasteiger partial charge in [0.1, 0.15) is 0 Å². The Morgan fingerprint density at radius 2 is 2.05 bits per heavy atom. The zero-order valence-corrected chi connectivity index (χ0v) is 10.9. The van der Waals surface area contributed by atoms with Crippen LogP contribution in [0.4, 0.5) is 16.0 Å². The van der Waals surface area contributed by atoms with Crippen molar-refractivity contribution in [2.24, 2.45) is 0 Å². The van der Waals surface area contributed by atoms with Crippen LogP contribution < -0.4 is 11.1 Å². The van der Waals surface area contributed by atoms with Crippen molar-refractivity contribution in [2.45, 2.75) is 0 Å². The van der Waals surface area contributed by atoms with Crippen molar-refractivity contribution in [3.05, 3.63) is 48.4 Å². The van der Waals surface area contributed by atoms with E-state index in [4.69, 9.17) is 5.73 Å². The summed E-state index contributed by atoms with van der Waals surface area (Å²) in [5.41, 5.74) is 7.78. The van der Waals surface area contributed by atoms with Gasteiger partial charge in [0, 0.05) is 24.2 Å². The van der Waals surface area contributed by atoms with Crippen LogP contribution >= 0.6 is 0 Å². The summed E-state index contributed by atoms with van der Waals surface area (Å²) in [5, 5.41) is 3.73. The van der Waals surface area contributed by atoms with E-state index < -0.39 is 5.82 Å². The second kappa shape index (κ2) is 4.77. The van der Waals surface area contributed by atoms with Gasteiger partial charge in [0.2, 0.25) is 5.95 Å². The smallest absolute Gasteiger partial charge is 0.222 e. The number of hydrogen-bond donors (Lipinski definition) is 2. The third kappa shape index (κ3) is 2.03. The number of nitrogen functional groups attached to an aromatic ring is 1. The molecular formula is C15H13FN4. The van der Waals surface area contributed by atoms with Crippen LogP contribution in [-0.4, -0.2) is 17.0 Å². The van der Waals surface area contributed by atoms with Gasteiger partial charge in [-0.1, -0.05) is 18.2 Å². The lowest BCUT2D eigenvalue weighted by Gasteiger charge is -2.07. The molecule has 0 aliphatic rings. The van der Waals surface area contributed by atoms with Crippen LogP contribution in [0.25, 0.3) is 22.0 Å². The highest BCUT2D eigenvalue weighted by atomic mass is 19.1. The zero-order chi connectivity index (χ0) is 14.1. The van der Waals surface area contributed by atoms with E-state index in [1.807, 2.05) is 18.2 Å². The summed E-state index contributed by atoms with van der Waals surface area (Å²) in [6.07, 6.45) is 1.71. The maximum absolute atomic E-state index is 14.0. The van der Waals surface area contributed by atoms with Crippen molar-refractivity contribution in [1.82, 2.24) is 9.97 Å². The highest BCUT2D eigenvalue weighted by molar-refractivity contribution is 5.85. The molecule has 20 heavy (non-hydrogen) atoms. The topological polar surface area (TPSA) is 63.8 Å². The fraction of sp³-hybridized carbons (Fsp3) is 0.0667. The first-order chi connectivity index (χ1) is 9.69. The number of halogens is 1. The van der Waals surface area contributed by atoms with Gasteiger partial charge in [0.15, 0.2) is 5.82 Å². The predicted molar refractivity (Wildman–Crippen MR) is 78.9 cm³/mol. The summed E-state index contributed by atoms with van der Waals surface area (Å²) in [6, 6.07) is 10.5. The molecule has 0 saturated carbocycles. The molecule has 0 radical (unpaired) electrons. The van der Waals surface area contributed by atoms with E-state index in [-0.39, 0.29) is 5.69 Å². The number of nitrogens with two attached hydrogens (primary N) is 1. The third-order valence-corrected chi connectivity index (χ3v) is 3.14. The fourth-order valence-corrected chi connectivity index (χ4v) is 2.09. The third-order valence-electron chi connectivity index (χ3n) is 3.14.